The second-order valence-corrected chi connectivity index (χ2v) is 4.34. The van der Waals surface area contributed by atoms with Crippen LogP contribution in [0.1, 0.15) is 21.0 Å². The van der Waals surface area contributed by atoms with Gasteiger partial charge in [0.1, 0.15) is 5.76 Å². The van der Waals surface area contributed by atoms with E-state index in [-0.39, 0.29) is 5.91 Å². The average molecular weight is 222 g/mol. The first-order valence-electron chi connectivity index (χ1n) is 4.45. The normalized spacial score (nSPS) is 10.3. The molecule has 0 aliphatic heterocycles. The Balaban J connectivity index is 2.10. The topological polar surface area (TPSA) is 55.1 Å². The molecule has 0 aromatic carbocycles. The van der Waals surface area contributed by atoms with E-state index in [1.165, 1.54) is 0 Å². The SMILES string of the molecule is Cc1cc(NC(=O)c2csc(C)c2)no1. The largest absolute Gasteiger partial charge is 0.360 e. The number of carbonyl (C=O) groups is 1. The minimum atomic E-state index is -0.160. The molecule has 2 heterocycles. The number of rotatable bonds is 2. The fourth-order valence-electron chi connectivity index (χ4n) is 1.18. The van der Waals surface area contributed by atoms with Gasteiger partial charge in [0.25, 0.3) is 5.91 Å². The van der Waals surface area contributed by atoms with E-state index in [0.717, 1.165) is 4.88 Å². The van der Waals surface area contributed by atoms with E-state index in [0.29, 0.717) is 17.1 Å². The molecule has 0 radical (unpaired) electrons. The predicted molar refractivity (Wildman–Crippen MR) is 58.2 cm³/mol. The molecule has 15 heavy (non-hydrogen) atoms. The fourth-order valence-corrected chi connectivity index (χ4v) is 1.86. The van der Waals surface area contributed by atoms with Gasteiger partial charge in [-0.15, -0.1) is 11.3 Å². The van der Waals surface area contributed by atoms with E-state index in [9.17, 15) is 4.79 Å². The number of thiophene rings is 1. The third-order valence-electron chi connectivity index (χ3n) is 1.86. The highest BCUT2D eigenvalue weighted by Crippen LogP contribution is 2.15. The average Bonchev–Trinajstić information content (AvgIpc) is 2.75. The number of aromatic nitrogens is 1. The molecular weight excluding hydrogens is 212 g/mol. The van der Waals surface area contributed by atoms with Crippen molar-refractivity contribution >= 4 is 23.1 Å². The zero-order valence-corrected chi connectivity index (χ0v) is 9.22. The van der Waals surface area contributed by atoms with E-state index in [2.05, 4.69) is 10.5 Å². The van der Waals surface area contributed by atoms with E-state index in [4.69, 9.17) is 4.52 Å². The molecule has 0 atom stereocenters. The van der Waals surface area contributed by atoms with Crippen LogP contribution in [0.15, 0.2) is 22.0 Å². The van der Waals surface area contributed by atoms with Gasteiger partial charge in [-0.25, -0.2) is 0 Å². The number of hydrogen-bond acceptors (Lipinski definition) is 4. The summed E-state index contributed by atoms with van der Waals surface area (Å²) in [4.78, 5) is 12.8. The Hall–Kier alpha value is -1.62. The summed E-state index contributed by atoms with van der Waals surface area (Å²) in [5.74, 6) is 0.959. The lowest BCUT2D eigenvalue weighted by Crippen LogP contribution is -2.10. The van der Waals surface area contributed by atoms with Crippen LogP contribution >= 0.6 is 11.3 Å². The zero-order chi connectivity index (χ0) is 10.8. The van der Waals surface area contributed by atoms with E-state index < -0.39 is 0 Å². The number of aryl methyl sites for hydroxylation is 2. The Labute approximate surface area is 90.9 Å². The van der Waals surface area contributed by atoms with Gasteiger partial charge in [-0.3, -0.25) is 4.79 Å². The highest BCUT2D eigenvalue weighted by atomic mass is 32.1. The van der Waals surface area contributed by atoms with Gasteiger partial charge in [-0.2, -0.15) is 0 Å². The molecule has 5 heteroatoms. The summed E-state index contributed by atoms with van der Waals surface area (Å²) in [7, 11) is 0. The number of anilines is 1. The van der Waals surface area contributed by atoms with Crippen LogP contribution < -0.4 is 5.32 Å². The molecule has 0 aliphatic rings. The number of nitrogens with one attached hydrogen (secondary N) is 1. The molecule has 0 bridgehead atoms. The molecule has 0 spiro atoms. The van der Waals surface area contributed by atoms with E-state index in [1.54, 1.807) is 24.3 Å². The lowest BCUT2D eigenvalue weighted by atomic mass is 10.3. The van der Waals surface area contributed by atoms with Gasteiger partial charge in [0.15, 0.2) is 5.82 Å². The Morgan fingerprint density at radius 3 is 2.80 bits per heavy atom. The maximum Gasteiger partial charge on any atom is 0.257 e. The molecule has 0 saturated heterocycles. The van der Waals surface area contributed by atoms with Gasteiger partial charge in [0, 0.05) is 16.3 Å². The van der Waals surface area contributed by atoms with Crippen molar-refractivity contribution in [3.63, 3.8) is 0 Å². The van der Waals surface area contributed by atoms with Crippen LogP contribution in [0.4, 0.5) is 5.82 Å². The summed E-state index contributed by atoms with van der Waals surface area (Å²) < 4.78 is 4.84. The Bertz CT molecular complexity index is 487. The number of hydrogen-bond donors (Lipinski definition) is 1. The summed E-state index contributed by atoms with van der Waals surface area (Å²) >= 11 is 1.54. The quantitative estimate of drug-likeness (QED) is 0.849. The van der Waals surface area contributed by atoms with Crippen LogP contribution in [0.3, 0.4) is 0 Å². The summed E-state index contributed by atoms with van der Waals surface area (Å²) in [6.07, 6.45) is 0. The summed E-state index contributed by atoms with van der Waals surface area (Å²) in [6.45, 7) is 3.74. The van der Waals surface area contributed by atoms with Crippen molar-refractivity contribution in [2.75, 3.05) is 5.32 Å². The fraction of sp³-hybridized carbons (Fsp3) is 0.200. The third kappa shape index (κ3) is 2.24. The highest BCUT2D eigenvalue weighted by Gasteiger charge is 2.09. The van der Waals surface area contributed by atoms with Crippen LogP contribution in [0.2, 0.25) is 0 Å². The van der Waals surface area contributed by atoms with Crippen LogP contribution in [0.25, 0.3) is 0 Å². The highest BCUT2D eigenvalue weighted by molar-refractivity contribution is 7.10. The first kappa shape index (κ1) is 9.92. The van der Waals surface area contributed by atoms with Crippen LogP contribution in [-0.4, -0.2) is 11.1 Å². The van der Waals surface area contributed by atoms with Crippen molar-refractivity contribution < 1.29 is 9.32 Å². The Morgan fingerprint density at radius 2 is 2.27 bits per heavy atom. The smallest absolute Gasteiger partial charge is 0.257 e. The summed E-state index contributed by atoms with van der Waals surface area (Å²) in [5, 5.41) is 8.16. The van der Waals surface area contributed by atoms with Gasteiger partial charge in [0.05, 0.1) is 5.56 Å². The minimum Gasteiger partial charge on any atom is -0.360 e. The number of amides is 1. The molecule has 2 aromatic heterocycles. The van der Waals surface area contributed by atoms with E-state index in [1.807, 2.05) is 18.4 Å². The monoisotopic (exact) mass is 222 g/mol. The first-order chi connectivity index (χ1) is 7.15. The van der Waals surface area contributed by atoms with Gasteiger partial charge in [-0.1, -0.05) is 5.16 Å². The van der Waals surface area contributed by atoms with Crippen molar-refractivity contribution in [3.05, 3.63) is 33.7 Å². The van der Waals surface area contributed by atoms with Gasteiger partial charge in [0.2, 0.25) is 0 Å². The molecule has 2 rings (SSSR count). The van der Waals surface area contributed by atoms with Gasteiger partial charge < -0.3 is 9.84 Å². The standard InChI is InChI=1S/C10H10N2O2S/c1-6-3-9(12-14-6)11-10(13)8-4-7(2)15-5-8/h3-5H,1-2H3,(H,11,12,13). The molecule has 0 unspecified atom stereocenters. The van der Waals surface area contributed by atoms with Crippen molar-refractivity contribution in [1.82, 2.24) is 5.16 Å². The van der Waals surface area contributed by atoms with E-state index >= 15 is 0 Å². The maximum atomic E-state index is 11.7. The molecule has 1 amide bonds. The molecule has 0 aliphatic carbocycles. The predicted octanol–water partition coefficient (Wildman–Crippen LogP) is 2.61. The molecule has 2 aromatic rings. The lowest BCUT2D eigenvalue weighted by Gasteiger charge is -1.96. The summed E-state index contributed by atoms with van der Waals surface area (Å²) in [6, 6.07) is 3.52. The second-order valence-electron chi connectivity index (χ2n) is 3.22. The van der Waals surface area contributed by atoms with Crippen molar-refractivity contribution in [3.8, 4) is 0 Å². The molecule has 1 N–H and O–H groups in total. The maximum absolute atomic E-state index is 11.7. The molecular formula is C10H10N2O2S. The van der Waals surface area contributed by atoms with Crippen molar-refractivity contribution in [2.45, 2.75) is 13.8 Å². The van der Waals surface area contributed by atoms with Gasteiger partial charge in [-0.05, 0) is 19.9 Å². The van der Waals surface area contributed by atoms with Crippen molar-refractivity contribution in [2.24, 2.45) is 0 Å². The van der Waals surface area contributed by atoms with Gasteiger partial charge >= 0.3 is 0 Å². The van der Waals surface area contributed by atoms with Crippen LogP contribution in [0.5, 0.6) is 0 Å². The number of carbonyl (C=O) groups excluding carboxylic acids is 1. The first-order valence-corrected chi connectivity index (χ1v) is 5.33. The van der Waals surface area contributed by atoms with Crippen LogP contribution in [-0.2, 0) is 0 Å². The summed E-state index contributed by atoms with van der Waals surface area (Å²) in [5.41, 5.74) is 0.651. The molecule has 0 fully saturated rings. The Morgan fingerprint density at radius 1 is 1.47 bits per heavy atom. The van der Waals surface area contributed by atoms with Crippen LogP contribution in [0, 0.1) is 13.8 Å². The Kier molecular flexibility index (Phi) is 2.55. The number of nitrogens with zero attached hydrogens (tertiary/aromatic N) is 1. The zero-order valence-electron chi connectivity index (χ0n) is 8.40. The minimum absolute atomic E-state index is 0.160. The third-order valence-corrected chi connectivity index (χ3v) is 2.72. The molecule has 0 saturated carbocycles. The molecule has 78 valence electrons. The second kappa shape index (κ2) is 3.86. The van der Waals surface area contributed by atoms with Crippen molar-refractivity contribution in [1.29, 1.82) is 0 Å². The lowest BCUT2D eigenvalue weighted by molar-refractivity contribution is 0.102. The molecule has 4 nitrogen and oxygen atoms in total.